The number of hydrogen-bond donors (Lipinski definition) is 1. The number of rotatable bonds is 7. The zero-order chi connectivity index (χ0) is 15.9. The van der Waals surface area contributed by atoms with Crippen LogP contribution in [0.5, 0.6) is 0 Å². The third-order valence-electron chi connectivity index (χ3n) is 3.85. The average molecular weight is 298 g/mol. The van der Waals surface area contributed by atoms with E-state index in [2.05, 4.69) is 78.5 Å². The van der Waals surface area contributed by atoms with Crippen molar-refractivity contribution in [2.24, 2.45) is 0 Å². The first kappa shape index (κ1) is 16.6. The van der Waals surface area contributed by atoms with E-state index in [9.17, 15) is 0 Å². The molecule has 0 spiro atoms. The fourth-order valence-electron chi connectivity index (χ4n) is 3.03. The van der Waals surface area contributed by atoms with Crippen LogP contribution >= 0.6 is 0 Å². The maximum atomic E-state index is 4.35. The van der Waals surface area contributed by atoms with Crippen molar-refractivity contribution in [1.29, 1.82) is 0 Å². The molecule has 0 bridgehead atoms. The lowest BCUT2D eigenvalue weighted by Crippen LogP contribution is -2.44. The summed E-state index contributed by atoms with van der Waals surface area (Å²) in [5.74, 6) is 0. The van der Waals surface area contributed by atoms with Crippen molar-refractivity contribution in [2.45, 2.75) is 38.4 Å². The Kier molecular flexibility index (Phi) is 6.04. The van der Waals surface area contributed by atoms with Crippen LogP contribution in [0, 0.1) is 0 Å². The van der Waals surface area contributed by atoms with Gasteiger partial charge in [0.25, 0.3) is 0 Å². The quantitative estimate of drug-likeness (QED) is 0.853. The number of hydrogen-bond acceptors (Lipinski definition) is 4. The van der Waals surface area contributed by atoms with E-state index in [0.717, 1.165) is 12.1 Å². The zero-order valence-corrected chi connectivity index (χ0v) is 13.9. The molecule has 0 aliphatic heterocycles. The van der Waals surface area contributed by atoms with Crippen molar-refractivity contribution in [3.8, 4) is 0 Å². The Bertz CT molecular complexity index is 542. The van der Waals surface area contributed by atoms with Gasteiger partial charge in [-0.3, -0.25) is 9.97 Å². The Morgan fingerprint density at radius 3 is 2.41 bits per heavy atom. The fraction of sp³-hybridized carbons (Fsp3) is 0.444. The van der Waals surface area contributed by atoms with Crippen LogP contribution in [0.2, 0.25) is 0 Å². The van der Waals surface area contributed by atoms with Crippen LogP contribution in [0.25, 0.3) is 0 Å². The molecule has 3 atom stereocenters. The molecule has 118 valence electrons. The molecular formula is C18H26N4. The largest absolute Gasteiger partial charge is 0.309 e. The van der Waals surface area contributed by atoms with E-state index < -0.39 is 0 Å². The van der Waals surface area contributed by atoms with Gasteiger partial charge in [-0.25, -0.2) is 0 Å². The minimum Gasteiger partial charge on any atom is -0.309 e. The second-order valence-corrected chi connectivity index (χ2v) is 6.08. The molecule has 0 aliphatic rings. The number of likely N-dealkylation sites (N-methyl/N-ethyl adjacent to an activating group) is 1. The van der Waals surface area contributed by atoms with Crippen LogP contribution in [-0.2, 0) is 6.42 Å². The van der Waals surface area contributed by atoms with Gasteiger partial charge < -0.3 is 10.2 Å². The predicted octanol–water partition coefficient (Wildman–Crippen LogP) is 2.69. The monoisotopic (exact) mass is 298 g/mol. The first-order valence-electron chi connectivity index (χ1n) is 7.80. The van der Waals surface area contributed by atoms with Gasteiger partial charge in [-0.15, -0.1) is 0 Å². The van der Waals surface area contributed by atoms with Crippen molar-refractivity contribution in [3.05, 3.63) is 60.2 Å². The highest BCUT2D eigenvalue weighted by atomic mass is 15.1. The average Bonchev–Trinajstić information content (AvgIpc) is 2.48. The SMILES string of the molecule is CC(Cc1cnccn1)NC(C)C(c1ccccc1)N(C)C. The lowest BCUT2D eigenvalue weighted by Gasteiger charge is -2.33. The number of aromatic nitrogens is 2. The molecule has 1 aromatic carbocycles. The fourth-order valence-corrected chi connectivity index (χ4v) is 3.03. The molecule has 0 saturated heterocycles. The Morgan fingerprint density at radius 2 is 1.82 bits per heavy atom. The Morgan fingerprint density at radius 1 is 1.09 bits per heavy atom. The molecule has 22 heavy (non-hydrogen) atoms. The van der Waals surface area contributed by atoms with Gasteiger partial charge in [-0.1, -0.05) is 30.3 Å². The van der Waals surface area contributed by atoms with Gasteiger partial charge in [0.2, 0.25) is 0 Å². The predicted molar refractivity (Wildman–Crippen MR) is 90.7 cm³/mol. The third kappa shape index (κ3) is 4.61. The molecule has 1 aromatic heterocycles. The van der Waals surface area contributed by atoms with Crippen LogP contribution in [0.3, 0.4) is 0 Å². The highest BCUT2D eigenvalue weighted by Gasteiger charge is 2.22. The summed E-state index contributed by atoms with van der Waals surface area (Å²) in [6.45, 7) is 4.44. The van der Waals surface area contributed by atoms with E-state index in [-0.39, 0.29) is 0 Å². The summed E-state index contributed by atoms with van der Waals surface area (Å²) >= 11 is 0. The molecule has 0 amide bonds. The number of nitrogens with zero attached hydrogens (tertiary/aromatic N) is 3. The standard InChI is InChI=1S/C18H26N4/c1-14(12-17-13-19-10-11-20-17)21-15(2)18(22(3)4)16-8-6-5-7-9-16/h5-11,13-15,18,21H,12H2,1-4H3. The molecule has 2 aromatic rings. The van der Waals surface area contributed by atoms with Crippen molar-refractivity contribution in [3.63, 3.8) is 0 Å². The van der Waals surface area contributed by atoms with E-state index >= 15 is 0 Å². The summed E-state index contributed by atoms with van der Waals surface area (Å²) in [5, 5.41) is 3.70. The molecule has 4 nitrogen and oxygen atoms in total. The smallest absolute Gasteiger partial charge is 0.0602 e. The minimum atomic E-state index is 0.337. The van der Waals surface area contributed by atoms with E-state index in [1.165, 1.54) is 5.56 Å². The molecule has 0 radical (unpaired) electrons. The third-order valence-corrected chi connectivity index (χ3v) is 3.85. The number of nitrogens with one attached hydrogen (secondary N) is 1. The molecule has 3 unspecified atom stereocenters. The van der Waals surface area contributed by atoms with Crippen molar-refractivity contribution in [1.82, 2.24) is 20.2 Å². The lowest BCUT2D eigenvalue weighted by atomic mass is 9.98. The maximum Gasteiger partial charge on any atom is 0.0602 e. The number of benzene rings is 1. The summed E-state index contributed by atoms with van der Waals surface area (Å²) in [7, 11) is 4.26. The maximum absolute atomic E-state index is 4.35. The highest BCUT2D eigenvalue weighted by molar-refractivity contribution is 5.20. The van der Waals surface area contributed by atoms with Gasteiger partial charge in [0.15, 0.2) is 0 Å². The Hall–Kier alpha value is -1.78. The molecule has 2 rings (SSSR count). The van der Waals surface area contributed by atoms with Gasteiger partial charge in [0.1, 0.15) is 0 Å². The molecular weight excluding hydrogens is 272 g/mol. The Balaban J connectivity index is 2.00. The summed E-state index contributed by atoms with van der Waals surface area (Å²) in [4.78, 5) is 10.7. The first-order chi connectivity index (χ1) is 10.6. The van der Waals surface area contributed by atoms with Gasteiger partial charge >= 0.3 is 0 Å². The van der Waals surface area contributed by atoms with Crippen LogP contribution in [-0.4, -0.2) is 41.0 Å². The molecule has 4 heteroatoms. The van der Waals surface area contributed by atoms with Gasteiger partial charge in [-0.2, -0.15) is 0 Å². The zero-order valence-electron chi connectivity index (χ0n) is 13.9. The summed E-state index contributed by atoms with van der Waals surface area (Å²) in [6, 6.07) is 11.7. The van der Waals surface area contributed by atoms with Crippen LogP contribution < -0.4 is 5.32 Å². The first-order valence-corrected chi connectivity index (χ1v) is 7.80. The summed E-state index contributed by atoms with van der Waals surface area (Å²) < 4.78 is 0. The Labute approximate surface area is 133 Å². The lowest BCUT2D eigenvalue weighted by molar-refractivity contribution is 0.230. The van der Waals surface area contributed by atoms with Crippen LogP contribution in [0.15, 0.2) is 48.9 Å². The van der Waals surface area contributed by atoms with Crippen molar-refractivity contribution >= 4 is 0 Å². The second-order valence-electron chi connectivity index (χ2n) is 6.08. The molecule has 0 aliphatic carbocycles. The molecule has 1 N–H and O–H groups in total. The normalized spacial score (nSPS) is 15.5. The molecule has 0 fully saturated rings. The van der Waals surface area contributed by atoms with E-state index in [0.29, 0.717) is 18.1 Å². The van der Waals surface area contributed by atoms with Crippen LogP contribution in [0.1, 0.15) is 31.1 Å². The van der Waals surface area contributed by atoms with E-state index in [1.54, 1.807) is 12.4 Å². The topological polar surface area (TPSA) is 41.1 Å². The highest BCUT2D eigenvalue weighted by Crippen LogP contribution is 2.22. The van der Waals surface area contributed by atoms with Gasteiger partial charge in [0, 0.05) is 43.1 Å². The minimum absolute atomic E-state index is 0.337. The van der Waals surface area contributed by atoms with Crippen molar-refractivity contribution < 1.29 is 0 Å². The molecule has 1 heterocycles. The van der Waals surface area contributed by atoms with Gasteiger partial charge in [-0.05, 0) is 33.5 Å². The van der Waals surface area contributed by atoms with Crippen LogP contribution in [0.4, 0.5) is 0 Å². The molecule has 0 saturated carbocycles. The van der Waals surface area contributed by atoms with E-state index in [4.69, 9.17) is 0 Å². The second kappa shape index (κ2) is 8.01. The van der Waals surface area contributed by atoms with Gasteiger partial charge in [0.05, 0.1) is 5.69 Å². The van der Waals surface area contributed by atoms with E-state index in [1.807, 2.05) is 6.20 Å². The summed E-state index contributed by atoms with van der Waals surface area (Å²) in [5.41, 5.74) is 2.36. The summed E-state index contributed by atoms with van der Waals surface area (Å²) in [6.07, 6.45) is 6.18. The van der Waals surface area contributed by atoms with Crippen molar-refractivity contribution in [2.75, 3.05) is 14.1 Å².